The van der Waals surface area contributed by atoms with E-state index < -0.39 is 28.9 Å². The van der Waals surface area contributed by atoms with Gasteiger partial charge in [0.2, 0.25) is 11.8 Å². The molecule has 0 spiro atoms. The molecule has 1 unspecified atom stereocenters. The molecule has 50 heavy (non-hydrogen) atoms. The van der Waals surface area contributed by atoms with Gasteiger partial charge in [-0.1, -0.05) is 59.6 Å². The largest absolute Gasteiger partial charge is 0.481 e. The number of hydrogen-bond donors (Lipinski definition) is 3. The van der Waals surface area contributed by atoms with Crippen LogP contribution in [0.3, 0.4) is 0 Å². The van der Waals surface area contributed by atoms with Crippen molar-refractivity contribution in [2.24, 2.45) is 14.1 Å². The number of anilines is 2. The Bertz CT molecular complexity index is 2270. The number of fused-ring (bicyclic) bond motifs is 1. The molecular formula is C34H30Cl2F3N7O4. The number of carbonyl (C=O) groups excluding carboxylic acids is 1. The van der Waals surface area contributed by atoms with Gasteiger partial charge in [-0.05, 0) is 24.6 Å². The first kappa shape index (κ1) is 34.9. The summed E-state index contributed by atoms with van der Waals surface area (Å²) < 4.78 is 49.0. The van der Waals surface area contributed by atoms with Crippen molar-refractivity contribution in [2.75, 3.05) is 19.0 Å². The fourth-order valence-electron chi connectivity index (χ4n) is 5.87. The van der Waals surface area contributed by atoms with E-state index in [4.69, 9.17) is 27.9 Å². The van der Waals surface area contributed by atoms with E-state index in [0.717, 1.165) is 21.1 Å². The Morgan fingerprint density at radius 3 is 2.34 bits per heavy atom. The highest BCUT2D eigenvalue weighted by molar-refractivity contribution is 6.39. The quantitative estimate of drug-likeness (QED) is 0.174. The summed E-state index contributed by atoms with van der Waals surface area (Å²) in [6.07, 6.45) is -3.58. The average molecular weight is 729 g/mol. The molecular weight excluding hydrogens is 698 g/mol. The number of nitrogens with one attached hydrogen (secondary N) is 3. The van der Waals surface area contributed by atoms with Crippen LogP contribution < -0.4 is 31.9 Å². The first-order valence-corrected chi connectivity index (χ1v) is 16.1. The molecule has 3 N–H and O–H groups in total. The Labute approximate surface area is 293 Å². The van der Waals surface area contributed by atoms with E-state index in [-0.39, 0.29) is 33.6 Å². The fraction of sp³-hybridized carbons (Fsp3) is 0.265. The van der Waals surface area contributed by atoms with E-state index in [1.54, 1.807) is 36.4 Å². The topological polar surface area (TPSA) is 132 Å². The highest BCUT2D eigenvalue weighted by atomic mass is 35.5. The number of aromatic nitrogens is 4. The maximum Gasteiger partial charge on any atom is 0.433 e. The molecule has 16 heteroatoms. The molecule has 0 saturated carbocycles. The van der Waals surface area contributed by atoms with Crippen LogP contribution in [0.25, 0.3) is 33.3 Å². The van der Waals surface area contributed by atoms with Gasteiger partial charge in [-0.15, -0.1) is 0 Å². The van der Waals surface area contributed by atoms with E-state index in [2.05, 4.69) is 25.9 Å². The zero-order chi connectivity index (χ0) is 35.9. The van der Waals surface area contributed by atoms with E-state index in [1.165, 1.54) is 27.3 Å². The number of rotatable bonds is 9. The molecule has 1 amide bonds. The summed E-state index contributed by atoms with van der Waals surface area (Å²) in [5, 5.41) is 9.21. The number of methoxy groups -OCH3 is 1. The lowest BCUT2D eigenvalue weighted by Crippen LogP contribution is -2.37. The van der Waals surface area contributed by atoms with Crippen molar-refractivity contribution in [1.82, 2.24) is 29.7 Å². The molecule has 6 rings (SSSR count). The molecule has 1 atom stereocenters. The number of pyridine rings is 2. The number of amides is 1. The molecule has 1 fully saturated rings. The highest BCUT2D eigenvalue weighted by Crippen LogP contribution is 2.42. The first-order chi connectivity index (χ1) is 23.8. The van der Waals surface area contributed by atoms with Crippen molar-refractivity contribution >= 4 is 51.5 Å². The highest BCUT2D eigenvalue weighted by Gasteiger charge is 2.34. The van der Waals surface area contributed by atoms with Gasteiger partial charge in [0.05, 0.1) is 34.1 Å². The van der Waals surface area contributed by atoms with Crippen LogP contribution >= 0.6 is 23.2 Å². The molecule has 0 radical (unpaired) electrons. The third-order valence-corrected chi connectivity index (χ3v) is 9.30. The third kappa shape index (κ3) is 6.65. The summed E-state index contributed by atoms with van der Waals surface area (Å²) >= 11 is 13.8. The monoisotopic (exact) mass is 727 g/mol. The number of halogens is 5. The summed E-state index contributed by atoms with van der Waals surface area (Å²) in [6.45, 7) is 1.07. The Balaban J connectivity index is 1.34. The molecule has 260 valence electrons. The Morgan fingerprint density at radius 1 is 0.960 bits per heavy atom. The van der Waals surface area contributed by atoms with Crippen molar-refractivity contribution in [3.63, 3.8) is 0 Å². The minimum Gasteiger partial charge on any atom is -0.481 e. The number of hydrogen-bond acceptors (Lipinski definition) is 8. The van der Waals surface area contributed by atoms with Crippen LogP contribution in [0.5, 0.6) is 5.88 Å². The van der Waals surface area contributed by atoms with Crippen LogP contribution in [-0.2, 0) is 31.6 Å². The molecule has 1 saturated heterocycles. The van der Waals surface area contributed by atoms with Crippen LogP contribution in [0.1, 0.15) is 24.1 Å². The van der Waals surface area contributed by atoms with Gasteiger partial charge in [0, 0.05) is 61.9 Å². The molecule has 4 heterocycles. The molecule has 5 aromatic rings. The second-order valence-corrected chi connectivity index (χ2v) is 12.5. The molecule has 11 nitrogen and oxygen atoms in total. The maximum atomic E-state index is 13.9. The van der Waals surface area contributed by atoms with E-state index in [1.807, 2.05) is 6.07 Å². The lowest BCUT2D eigenvalue weighted by atomic mass is 10.00. The molecule has 0 bridgehead atoms. The van der Waals surface area contributed by atoms with Crippen LogP contribution in [0.2, 0.25) is 10.0 Å². The lowest BCUT2D eigenvalue weighted by molar-refractivity contribution is -0.141. The number of benzene rings is 2. The number of ether oxygens (including phenoxy) is 1. The summed E-state index contributed by atoms with van der Waals surface area (Å²) in [7, 11) is 4.01. The smallest absolute Gasteiger partial charge is 0.433 e. The predicted octanol–water partition coefficient (Wildman–Crippen LogP) is 5.81. The Hall–Kier alpha value is -4.92. The van der Waals surface area contributed by atoms with Gasteiger partial charge in [0.25, 0.3) is 5.56 Å². The predicted molar refractivity (Wildman–Crippen MR) is 185 cm³/mol. The normalized spacial score (nSPS) is 14.6. The lowest BCUT2D eigenvalue weighted by Gasteiger charge is -2.17. The summed E-state index contributed by atoms with van der Waals surface area (Å²) in [6, 6.07) is 14.5. The Kier molecular flexibility index (Phi) is 9.62. The van der Waals surface area contributed by atoms with Gasteiger partial charge in [-0.2, -0.15) is 13.2 Å². The standard InChI is InChI=1S/C34H30Cl2F3N7O4/c1-45-24-14-25(34(37,38)39)44-30(27(24)32(48)46(2)33(45)49)42-23-9-5-7-20(29(23)36)19-6-4-8-21(28(19)35)22-12-10-17(31(43-22)50-3)15-40-16-18-11-13-26(47)41-18/h4-10,12,14,18,40H,11,13,15-16H2,1-3H3,(H,41,47)(H,42,44). The molecule has 1 aliphatic rings. The van der Waals surface area contributed by atoms with E-state index in [0.29, 0.717) is 58.9 Å². The van der Waals surface area contributed by atoms with Crippen molar-refractivity contribution in [3.05, 3.63) is 96.7 Å². The van der Waals surface area contributed by atoms with Gasteiger partial charge >= 0.3 is 11.9 Å². The van der Waals surface area contributed by atoms with Gasteiger partial charge in [-0.3, -0.25) is 18.7 Å². The number of nitrogens with zero attached hydrogens (tertiary/aromatic N) is 4. The van der Waals surface area contributed by atoms with Crippen LogP contribution in [0.15, 0.2) is 64.2 Å². The minimum absolute atomic E-state index is 0.0475. The van der Waals surface area contributed by atoms with Crippen LogP contribution in [0, 0.1) is 0 Å². The number of aryl methyl sites for hydroxylation is 1. The third-order valence-electron chi connectivity index (χ3n) is 8.48. The molecule has 0 aliphatic carbocycles. The zero-order valence-corrected chi connectivity index (χ0v) is 28.4. The van der Waals surface area contributed by atoms with Crippen molar-refractivity contribution in [2.45, 2.75) is 31.6 Å². The second kappa shape index (κ2) is 13.8. The summed E-state index contributed by atoms with van der Waals surface area (Å²) in [5.41, 5.74) is -0.201. The minimum atomic E-state index is -4.87. The fourth-order valence-corrected chi connectivity index (χ4v) is 6.47. The molecule has 3 aromatic heterocycles. The number of alkyl halides is 3. The van der Waals surface area contributed by atoms with E-state index in [9.17, 15) is 27.6 Å². The summed E-state index contributed by atoms with van der Waals surface area (Å²) in [5.74, 6) is 0.00995. The maximum absolute atomic E-state index is 13.9. The zero-order valence-electron chi connectivity index (χ0n) is 26.9. The Morgan fingerprint density at radius 2 is 1.66 bits per heavy atom. The van der Waals surface area contributed by atoms with Gasteiger partial charge in [0.15, 0.2) is 0 Å². The van der Waals surface area contributed by atoms with Crippen LogP contribution in [-0.4, -0.2) is 44.7 Å². The average Bonchev–Trinajstić information content (AvgIpc) is 3.51. The van der Waals surface area contributed by atoms with Crippen LogP contribution in [0.4, 0.5) is 24.7 Å². The van der Waals surface area contributed by atoms with Crippen molar-refractivity contribution in [3.8, 4) is 28.3 Å². The van der Waals surface area contributed by atoms with Crippen molar-refractivity contribution in [1.29, 1.82) is 0 Å². The van der Waals surface area contributed by atoms with Gasteiger partial charge in [-0.25, -0.2) is 14.8 Å². The van der Waals surface area contributed by atoms with Crippen molar-refractivity contribution < 1.29 is 22.7 Å². The van der Waals surface area contributed by atoms with Gasteiger partial charge in [0.1, 0.15) is 16.9 Å². The SMILES string of the molecule is COc1nc(-c2cccc(-c3cccc(Nc4nc(C(F)(F)F)cc5c4c(=O)n(C)c(=O)n5C)c3Cl)c2Cl)ccc1CNCC1CCC(=O)N1. The second-order valence-electron chi connectivity index (χ2n) is 11.7. The van der Waals surface area contributed by atoms with Gasteiger partial charge < -0.3 is 20.7 Å². The molecule has 1 aliphatic heterocycles. The number of carbonyl (C=O) groups is 1. The molecule has 2 aromatic carbocycles. The first-order valence-electron chi connectivity index (χ1n) is 15.3. The summed E-state index contributed by atoms with van der Waals surface area (Å²) in [4.78, 5) is 45.6. The van der Waals surface area contributed by atoms with E-state index >= 15 is 0 Å².